The van der Waals surface area contributed by atoms with Crippen LogP contribution in [0.15, 0.2) is 47.5 Å². The molecule has 0 unspecified atom stereocenters. The monoisotopic (exact) mass is 504 g/mol. The van der Waals surface area contributed by atoms with Gasteiger partial charge in [0.1, 0.15) is 10.8 Å². The number of ether oxygens (including phenoxy) is 1. The maximum Gasteiger partial charge on any atom is 0.229 e. The Bertz CT molecular complexity index is 1300. The molecule has 0 saturated carbocycles. The van der Waals surface area contributed by atoms with E-state index in [-0.39, 0.29) is 17.8 Å². The van der Waals surface area contributed by atoms with Crippen molar-refractivity contribution in [3.8, 4) is 5.75 Å². The second kappa shape index (κ2) is 9.45. The van der Waals surface area contributed by atoms with E-state index in [1.165, 1.54) is 17.1 Å². The second-order valence-electron chi connectivity index (χ2n) is 8.16. The van der Waals surface area contributed by atoms with Crippen LogP contribution in [0.5, 0.6) is 5.75 Å². The molecule has 1 aliphatic heterocycles. The minimum absolute atomic E-state index is 0.196. The van der Waals surface area contributed by atoms with E-state index in [4.69, 9.17) is 16.3 Å². The normalized spacial score (nSPS) is 13.2. The van der Waals surface area contributed by atoms with Crippen LogP contribution >= 0.6 is 19.5 Å². The number of benzene rings is 2. The van der Waals surface area contributed by atoms with Crippen LogP contribution in [-0.4, -0.2) is 43.6 Å². The van der Waals surface area contributed by atoms with Gasteiger partial charge in [0.25, 0.3) is 0 Å². The van der Waals surface area contributed by atoms with Gasteiger partial charge in [-0.25, -0.2) is 13.4 Å². The maximum absolute atomic E-state index is 12.8. The molecule has 0 aliphatic carbocycles. The fourth-order valence-electron chi connectivity index (χ4n) is 3.63. The summed E-state index contributed by atoms with van der Waals surface area (Å²) in [5.41, 5.74) is 2.43. The van der Waals surface area contributed by atoms with Gasteiger partial charge in [-0.3, -0.25) is 0 Å². The number of nitrogens with one attached hydrogen (secondary N) is 2. The van der Waals surface area contributed by atoms with E-state index in [1.54, 1.807) is 38.1 Å². The third-order valence-corrected chi connectivity index (χ3v) is 9.24. The summed E-state index contributed by atoms with van der Waals surface area (Å²) in [6.45, 7) is 8.41. The Kier molecular flexibility index (Phi) is 6.80. The van der Waals surface area contributed by atoms with Crippen molar-refractivity contribution >= 4 is 57.8 Å². The van der Waals surface area contributed by atoms with E-state index in [1.807, 2.05) is 6.07 Å². The lowest BCUT2D eigenvalue weighted by Gasteiger charge is -2.16. The van der Waals surface area contributed by atoms with Gasteiger partial charge in [-0.1, -0.05) is 37.7 Å². The summed E-state index contributed by atoms with van der Waals surface area (Å²) in [5.74, 6) is 1.47. The van der Waals surface area contributed by atoms with Gasteiger partial charge < -0.3 is 15.4 Å². The van der Waals surface area contributed by atoms with Gasteiger partial charge in [-0.15, -0.1) is 0 Å². The van der Waals surface area contributed by atoms with Gasteiger partial charge in [0.2, 0.25) is 5.95 Å². The predicted molar refractivity (Wildman–Crippen MR) is 136 cm³/mol. The Morgan fingerprint density at radius 3 is 2.58 bits per heavy atom. The molecule has 33 heavy (non-hydrogen) atoms. The third-order valence-electron chi connectivity index (χ3n) is 5.37. The number of rotatable bonds is 7. The van der Waals surface area contributed by atoms with Gasteiger partial charge in [0, 0.05) is 12.0 Å². The predicted octanol–water partition coefficient (Wildman–Crippen LogP) is 5.10. The van der Waals surface area contributed by atoms with Crippen LogP contribution in [0.2, 0.25) is 5.02 Å². The largest absolute Gasteiger partial charge is 0.491 e. The smallest absolute Gasteiger partial charge is 0.229 e. The highest BCUT2D eigenvalue weighted by atomic mass is 35.5. The summed E-state index contributed by atoms with van der Waals surface area (Å²) < 4.78 is 31.5. The van der Waals surface area contributed by atoms with Gasteiger partial charge in [0.15, 0.2) is 15.7 Å². The molecule has 0 radical (unpaired) electrons. The topological polar surface area (TPSA) is 93.2 Å². The highest BCUT2D eigenvalue weighted by Crippen LogP contribution is 2.39. The lowest BCUT2D eigenvalue weighted by molar-refractivity contribution is 0.358. The number of hydrogen-bond acceptors (Lipinski definition) is 7. The van der Waals surface area contributed by atoms with E-state index in [9.17, 15) is 8.42 Å². The summed E-state index contributed by atoms with van der Waals surface area (Å²) in [5, 5.41) is 7.36. The molecule has 1 aromatic heterocycles. The fourth-order valence-corrected chi connectivity index (χ4v) is 6.10. The average Bonchev–Trinajstić information content (AvgIpc) is 3.26. The molecule has 2 heterocycles. The van der Waals surface area contributed by atoms with Gasteiger partial charge in [-0.05, 0) is 50.7 Å². The van der Waals surface area contributed by atoms with Gasteiger partial charge in [-0.2, -0.15) is 4.98 Å². The molecule has 0 atom stereocenters. The zero-order valence-electron chi connectivity index (χ0n) is 18.9. The molecule has 0 spiro atoms. The molecule has 4 rings (SSSR count). The van der Waals surface area contributed by atoms with Crippen molar-refractivity contribution in [1.82, 2.24) is 9.97 Å². The first-order chi connectivity index (χ1) is 15.7. The molecule has 0 fully saturated rings. The highest BCUT2D eigenvalue weighted by Gasteiger charge is 2.24. The molecule has 0 bridgehead atoms. The number of hydrogen-bond donors (Lipinski definition) is 2. The molecule has 1 aliphatic rings. The van der Waals surface area contributed by atoms with E-state index < -0.39 is 15.1 Å². The van der Waals surface area contributed by atoms with E-state index in [0.29, 0.717) is 24.1 Å². The van der Waals surface area contributed by atoms with Crippen molar-refractivity contribution in [2.75, 3.05) is 30.6 Å². The number of anilines is 4. The van der Waals surface area contributed by atoms with Crippen LogP contribution in [0.25, 0.3) is 0 Å². The zero-order chi connectivity index (χ0) is 23.8. The Hall–Kier alpha value is -2.41. The number of fused-ring (bicyclic) bond motifs is 1. The van der Waals surface area contributed by atoms with Crippen molar-refractivity contribution in [2.24, 2.45) is 0 Å². The van der Waals surface area contributed by atoms with E-state index in [2.05, 4.69) is 40.0 Å². The van der Waals surface area contributed by atoms with Crippen molar-refractivity contribution in [2.45, 2.75) is 30.4 Å². The Labute approximate surface area is 200 Å². The minimum Gasteiger partial charge on any atom is -0.491 e. The number of sulfone groups is 1. The first kappa shape index (κ1) is 23.7. The Balaban J connectivity index is 1.66. The SMILES string of the molecule is CC(C)S(=O)(=O)c1ccccc1Nc1nc(Nc2ccc(P(C)C)c3c2OCC3)ncc1Cl. The molecule has 3 aromatic rings. The summed E-state index contributed by atoms with van der Waals surface area (Å²) in [7, 11) is -3.74. The van der Waals surface area contributed by atoms with E-state index in [0.717, 1.165) is 17.9 Å². The van der Waals surface area contributed by atoms with Crippen LogP contribution in [0, 0.1) is 0 Å². The molecule has 0 saturated heterocycles. The lowest BCUT2D eigenvalue weighted by atomic mass is 10.1. The van der Waals surface area contributed by atoms with Crippen molar-refractivity contribution in [1.29, 1.82) is 0 Å². The molecular weight excluding hydrogens is 479 g/mol. The fraction of sp³-hybridized carbons (Fsp3) is 0.304. The standard InChI is InChI=1S/C23H26ClN4O3PS/c1-14(2)33(29,30)20-8-6-5-7-17(20)26-22-16(24)13-25-23(28-22)27-18-9-10-19(32(3)4)15-11-12-31-21(15)18/h5-10,13-14H,11-12H2,1-4H3,(H2,25,26,27,28). The summed E-state index contributed by atoms with van der Waals surface area (Å²) in [4.78, 5) is 8.99. The first-order valence-electron chi connectivity index (χ1n) is 10.5. The number of para-hydroxylation sites is 1. The van der Waals surface area contributed by atoms with E-state index >= 15 is 0 Å². The molecule has 2 N–H and O–H groups in total. The quantitative estimate of drug-likeness (QED) is 0.432. The summed E-state index contributed by atoms with van der Waals surface area (Å²) >= 11 is 6.34. The minimum atomic E-state index is -3.50. The summed E-state index contributed by atoms with van der Waals surface area (Å²) in [6.07, 6.45) is 2.36. The average molecular weight is 505 g/mol. The third kappa shape index (κ3) is 4.79. The Morgan fingerprint density at radius 1 is 1.09 bits per heavy atom. The zero-order valence-corrected chi connectivity index (χ0v) is 21.4. The van der Waals surface area contributed by atoms with Crippen molar-refractivity contribution in [3.63, 3.8) is 0 Å². The molecule has 0 amide bonds. The van der Waals surface area contributed by atoms with Crippen LogP contribution in [0.1, 0.15) is 19.4 Å². The second-order valence-corrected chi connectivity index (χ2v) is 13.3. The van der Waals surface area contributed by atoms with Gasteiger partial charge in [0.05, 0.1) is 34.3 Å². The van der Waals surface area contributed by atoms with Crippen LogP contribution in [0.4, 0.5) is 23.1 Å². The van der Waals surface area contributed by atoms with Crippen molar-refractivity contribution < 1.29 is 13.2 Å². The molecule has 7 nitrogen and oxygen atoms in total. The van der Waals surface area contributed by atoms with Gasteiger partial charge >= 0.3 is 0 Å². The highest BCUT2D eigenvalue weighted by molar-refractivity contribution is 7.92. The molecular formula is C23H26ClN4O3PS. The maximum atomic E-state index is 12.8. The first-order valence-corrected chi connectivity index (χ1v) is 14.7. The van der Waals surface area contributed by atoms with Crippen LogP contribution in [-0.2, 0) is 16.3 Å². The molecule has 10 heteroatoms. The molecule has 174 valence electrons. The van der Waals surface area contributed by atoms with Crippen LogP contribution in [0.3, 0.4) is 0 Å². The molecule has 2 aromatic carbocycles. The Morgan fingerprint density at radius 2 is 1.85 bits per heavy atom. The number of halogens is 1. The number of nitrogens with zero attached hydrogens (tertiary/aromatic N) is 2. The van der Waals surface area contributed by atoms with Crippen molar-refractivity contribution in [3.05, 3.63) is 53.2 Å². The van der Waals surface area contributed by atoms with Crippen LogP contribution < -0.4 is 20.7 Å². The lowest BCUT2D eigenvalue weighted by Crippen LogP contribution is -2.15. The number of aromatic nitrogens is 2. The summed E-state index contributed by atoms with van der Waals surface area (Å²) in [6, 6.07) is 10.8.